The second-order valence-electron chi connectivity index (χ2n) is 5.32. The maximum absolute atomic E-state index is 11.1. The number of hydrogen-bond acceptors (Lipinski definition) is 5. The lowest BCUT2D eigenvalue weighted by atomic mass is 9.95. The second-order valence-corrected chi connectivity index (χ2v) is 6.32. The maximum Gasteiger partial charge on any atom is 0.348 e. The van der Waals surface area contributed by atoms with Gasteiger partial charge < -0.3 is 15.6 Å². The summed E-state index contributed by atoms with van der Waals surface area (Å²) in [5.41, 5.74) is 7.91. The molecule has 2 aromatic heterocycles. The molecule has 0 saturated heterocycles. The fourth-order valence-corrected chi connectivity index (χ4v) is 3.22. The summed E-state index contributed by atoms with van der Waals surface area (Å²) in [6, 6.07) is 1.91. The number of nitrogens with two attached hydrogens (primary N) is 1. The number of carbonyl (C=O) groups is 1. The lowest BCUT2D eigenvalue weighted by Crippen LogP contribution is -2.32. The molecule has 0 saturated carbocycles. The van der Waals surface area contributed by atoms with E-state index >= 15 is 0 Å². The van der Waals surface area contributed by atoms with E-state index in [-0.39, 0.29) is 10.5 Å². The average molecular weight is 278 g/mol. The highest BCUT2D eigenvalue weighted by atomic mass is 32.1. The molecule has 6 heteroatoms. The van der Waals surface area contributed by atoms with Crippen LogP contribution in [0.5, 0.6) is 0 Å². The fourth-order valence-electron chi connectivity index (χ4n) is 2.28. The van der Waals surface area contributed by atoms with Gasteiger partial charge in [-0.3, -0.25) is 0 Å². The van der Waals surface area contributed by atoms with Gasteiger partial charge in [-0.05, 0) is 19.9 Å². The van der Waals surface area contributed by atoms with Crippen molar-refractivity contribution >= 4 is 33.2 Å². The van der Waals surface area contributed by atoms with Crippen molar-refractivity contribution in [2.75, 3.05) is 5.73 Å². The molecule has 5 nitrogen and oxygen atoms in total. The van der Waals surface area contributed by atoms with E-state index in [1.807, 2.05) is 19.9 Å². The van der Waals surface area contributed by atoms with Gasteiger partial charge in [-0.15, -0.1) is 11.3 Å². The molecule has 0 aromatic carbocycles. The van der Waals surface area contributed by atoms with E-state index in [0.717, 1.165) is 29.0 Å². The van der Waals surface area contributed by atoms with Crippen LogP contribution in [-0.4, -0.2) is 21.7 Å². The summed E-state index contributed by atoms with van der Waals surface area (Å²) >= 11 is 1.13. The fraction of sp³-hybridized carbons (Fsp3) is 0.385. The molecule has 3 rings (SSSR count). The Bertz CT molecular complexity index is 691. The van der Waals surface area contributed by atoms with E-state index in [0.29, 0.717) is 22.5 Å². The van der Waals surface area contributed by atoms with E-state index in [2.05, 4.69) is 4.98 Å². The van der Waals surface area contributed by atoms with Gasteiger partial charge in [0.15, 0.2) is 0 Å². The standard InChI is InChI=1S/C13H14N2O3S/c1-13(2)4-8-6(5-18-13)3-7-9(14)10(12(16)17)19-11(7)15-8/h3H,4-5,14H2,1-2H3,(H,16,17). The number of hydrogen-bond donors (Lipinski definition) is 2. The van der Waals surface area contributed by atoms with E-state index in [4.69, 9.17) is 15.6 Å². The number of pyridine rings is 1. The van der Waals surface area contributed by atoms with Crippen molar-refractivity contribution in [3.63, 3.8) is 0 Å². The summed E-state index contributed by atoms with van der Waals surface area (Å²) < 4.78 is 5.74. The first kappa shape index (κ1) is 12.4. The second kappa shape index (κ2) is 3.91. The van der Waals surface area contributed by atoms with Crippen molar-refractivity contribution in [1.29, 1.82) is 0 Å². The minimum Gasteiger partial charge on any atom is -0.477 e. The Hall–Kier alpha value is -1.66. The minimum atomic E-state index is -1.00. The predicted octanol–water partition coefficient (Wildman–Crippen LogP) is 2.43. The average Bonchev–Trinajstić information content (AvgIpc) is 2.63. The number of anilines is 1. The van der Waals surface area contributed by atoms with Crippen molar-refractivity contribution in [1.82, 2.24) is 4.98 Å². The van der Waals surface area contributed by atoms with Gasteiger partial charge in [0.05, 0.1) is 23.6 Å². The van der Waals surface area contributed by atoms with Gasteiger partial charge in [0.2, 0.25) is 0 Å². The molecule has 0 unspecified atom stereocenters. The third-order valence-electron chi connectivity index (χ3n) is 3.30. The van der Waals surface area contributed by atoms with E-state index in [1.165, 1.54) is 0 Å². The Labute approximate surface area is 114 Å². The summed E-state index contributed by atoms with van der Waals surface area (Å²) in [7, 11) is 0. The first-order chi connectivity index (χ1) is 8.87. The number of fused-ring (bicyclic) bond motifs is 2. The van der Waals surface area contributed by atoms with Crippen LogP contribution < -0.4 is 5.73 Å². The molecule has 0 aliphatic carbocycles. The Kier molecular flexibility index (Phi) is 2.55. The summed E-state index contributed by atoms with van der Waals surface area (Å²) in [5, 5.41) is 9.81. The van der Waals surface area contributed by atoms with E-state index < -0.39 is 5.97 Å². The molecular weight excluding hydrogens is 264 g/mol. The molecule has 100 valence electrons. The molecular formula is C13H14N2O3S. The van der Waals surface area contributed by atoms with Crippen LogP contribution in [-0.2, 0) is 17.8 Å². The van der Waals surface area contributed by atoms with Gasteiger partial charge in [0.1, 0.15) is 9.71 Å². The molecule has 1 aliphatic heterocycles. The van der Waals surface area contributed by atoms with Crippen molar-refractivity contribution in [3.8, 4) is 0 Å². The van der Waals surface area contributed by atoms with Gasteiger partial charge in [0.25, 0.3) is 0 Å². The third kappa shape index (κ3) is 1.97. The van der Waals surface area contributed by atoms with Crippen LogP contribution in [0, 0.1) is 0 Å². The number of nitrogen functional groups attached to an aromatic ring is 1. The number of aromatic carboxylic acids is 1. The summed E-state index contributed by atoms with van der Waals surface area (Å²) in [5.74, 6) is -1.00. The van der Waals surface area contributed by atoms with Gasteiger partial charge in [-0.2, -0.15) is 0 Å². The lowest BCUT2D eigenvalue weighted by Gasteiger charge is -2.30. The van der Waals surface area contributed by atoms with E-state index in [1.54, 1.807) is 0 Å². The summed E-state index contributed by atoms with van der Waals surface area (Å²) in [6.07, 6.45) is 0.721. The van der Waals surface area contributed by atoms with Crippen LogP contribution in [0.1, 0.15) is 34.8 Å². The highest BCUT2D eigenvalue weighted by Crippen LogP contribution is 2.36. The normalized spacial score (nSPS) is 17.4. The highest BCUT2D eigenvalue weighted by Gasteiger charge is 2.28. The van der Waals surface area contributed by atoms with Crippen LogP contribution in [0.25, 0.3) is 10.2 Å². The predicted molar refractivity (Wildman–Crippen MR) is 73.6 cm³/mol. The van der Waals surface area contributed by atoms with Gasteiger partial charge in [0, 0.05) is 17.4 Å². The lowest BCUT2D eigenvalue weighted by molar-refractivity contribution is -0.0411. The van der Waals surface area contributed by atoms with Crippen LogP contribution >= 0.6 is 11.3 Å². The van der Waals surface area contributed by atoms with Gasteiger partial charge in [-0.1, -0.05) is 0 Å². The Morgan fingerprint density at radius 1 is 1.58 bits per heavy atom. The Morgan fingerprint density at radius 2 is 2.32 bits per heavy atom. The zero-order valence-electron chi connectivity index (χ0n) is 10.7. The van der Waals surface area contributed by atoms with Crippen molar-refractivity contribution in [2.45, 2.75) is 32.5 Å². The van der Waals surface area contributed by atoms with Gasteiger partial charge in [-0.25, -0.2) is 9.78 Å². The molecule has 0 atom stereocenters. The molecule has 3 N–H and O–H groups in total. The smallest absolute Gasteiger partial charge is 0.348 e. The first-order valence-electron chi connectivity index (χ1n) is 5.95. The van der Waals surface area contributed by atoms with Crippen LogP contribution in [0.4, 0.5) is 5.69 Å². The molecule has 0 amide bonds. The topological polar surface area (TPSA) is 85.4 Å². The molecule has 2 aromatic rings. The monoisotopic (exact) mass is 278 g/mol. The van der Waals surface area contributed by atoms with Crippen LogP contribution in [0.2, 0.25) is 0 Å². The maximum atomic E-state index is 11.1. The number of carboxylic acid groups (broad SMARTS) is 1. The molecule has 0 fully saturated rings. The SMILES string of the molecule is CC1(C)Cc2nc3sc(C(=O)O)c(N)c3cc2CO1. The van der Waals surface area contributed by atoms with Crippen LogP contribution in [0.3, 0.4) is 0 Å². The molecule has 3 heterocycles. The third-order valence-corrected chi connectivity index (χ3v) is 4.40. The highest BCUT2D eigenvalue weighted by molar-refractivity contribution is 7.21. The number of carboxylic acids is 1. The molecule has 19 heavy (non-hydrogen) atoms. The molecule has 0 spiro atoms. The molecule has 1 aliphatic rings. The number of nitrogens with zero attached hydrogens (tertiary/aromatic N) is 1. The van der Waals surface area contributed by atoms with Crippen molar-refractivity contribution in [2.24, 2.45) is 0 Å². The summed E-state index contributed by atoms with van der Waals surface area (Å²) in [4.78, 5) is 16.5. The van der Waals surface area contributed by atoms with Crippen molar-refractivity contribution in [3.05, 3.63) is 22.2 Å². The zero-order valence-corrected chi connectivity index (χ0v) is 11.5. The zero-order chi connectivity index (χ0) is 13.8. The molecule has 0 bridgehead atoms. The first-order valence-corrected chi connectivity index (χ1v) is 6.77. The number of thiophene rings is 1. The van der Waals surface area contributed by atoms with Gasteiger partial charge >= 0.3 is 5.97 Å². The quantitative estimate of drug-likeness (QED) is 0.836. The number of ether oxygens (including phenoxy) is 1. The molecule has 0 radical (unpaired) electrons. The summed E-state index contributed by atoms with van der Waals surface area (Å²) in [6.45, 7) is 4.53. The largest absolute Gasteiger partial charge is 0.477 e. The number of rotatable bonds is 1. The number of aromatic nitrogens is 1. The van der Waals surface area contributed by atoms with E-state index in [9.17, 15) is 4.79 Å². The minimum absolute atomic E-state index is 0.157. The van der Waals surface area contributed by atoms with Crippen molar-refractivity contribution < 1.29 is 14.6 Å². The van der Waals surface area contributed by atoms with Crippen LogP contribution in [0.15, 0.2) is 6.07 Å². The Balaban J connectivity index is 2.20. The Morgan fingerprint density at radius 3 is 3.00 bits per heavy atom.